The zero-order valence-electron chi connectivity index (χ0n) is 21.1. The third kappa shape index (κ3) is 5.09. The SMILES string of the molecule is CN1CCC(N(C)[C@H]2C[C@H]3C(=O)NC4(CCN(Cc5cccc(C#N)c5)CC4)CC(=O)N3C2)CC1. The Labute approximate surface area is 208 Å². The monoisotopic (exact) mass is 478 g/mol. The highest BCUT2D eigenvalue weighted by Crippen LogP contribution is 2.34. The second-order valence-corrected chi connectivity index (χ2v) is 11.2. The van der Waals surface area contributed by atoms with Crippen LogP contribution in [0.25, 0.3) is 0 Å². The molecule has 2 atom stereocenters. The first-order valence-corrected chi connectivity index (χ1v) is 13.1. The Kier molecular flexibility index (Phi) is 6.84. The maximum absolute atomic E-state index is 13.4. The number of carbonyl (C=O) groups excluding carboxylic acids is 2. The van der Waals surface area contributed by atoms with E-state index in [1.54, 1.807) is 0 Å². The fourth-order valence-electron chi connectivity index (χ4n) is 6.55. The normalized spacial score (nSPS) is 28.1. The maximum Gasteiger partial charge on any atom is 0.243 e. The van der Waals surface area contributed by atoms with Crippen molar-refractivity contribution < 1.29 is 9.59 Å². The lowest BCUT2D eigenvalue weighted by molar-refractivity contribution is -0.135. The van der Waals surface area contributed by atoms with Gasteiger partial charge in [0.1, 0.15) is 6.04 Å². The summed E-state index contributed by atoms with van der Waals surface area (Å²) >= 11 is 0. The third-order valence-corrected chi connectivity index (χ3v) is 8.90. The summed E-state index contributed by atoms with van der Waals surface area (Å²) in [4.78, 5) is 35.8. The minimum absolute atomic E-state index is 0.0327. The second-order valence-electron chi connectivity index (χ2n) is 11.2. The highest BCUT2D eigenvalue weighted by Gasteiger charge is 2.49. The highest BCUT2D eigenvalue weighted by molar-refractivity contribution is 5.92. The van der Waals surface area contributed by atoms with Crippen molar-refractivity contribution in [3.05, 3.63) is 35.4 Å². The van der Waals surface area contributed by atoms with E-state index < -0.39 is 5.54 Å². The molecule has 2 amide bonds. The molecule has 0 aliphatic carbocycles. The summed E-state index contributed by atoms with van der Waals surface area (Å²) in [6.45, 7) is 5.33. The van der Waals surface area contributed by atoms with Gasteiger partial charge in [-0.2, -0.15) is 5.26 Å². The fourth-order valence-corrected chi connectivity index (χ4v) is 6.55. The molecule has 8 heteroatoms. The van der Waals surface area contributed by atoms with Gasteiger partial charge in [0.2, 0.25) is 11.8 Å². The van der Waals surface area contributed by atoms with Crippen LogP contribution in [0.2, 0.25) is 0 Å². The number of piperidine rings is 2. The molecule has 4 heterocycles. The molecular formula is C27H38N6O2. The Morgan fingerprint density at radius 3 is 2.60 bits per heavy atom. The summed E-state index contributed by atoms with van der Waals surface area (Å²) in [7, 11) is 4.35. The molecule has 35 heavy (non-hydrogen) atoms. The lowest BCUT2D eigenvalue weighted by Crippen LogP contribution is -2.56. The van der Waals surface area contributed by atoms with Crippen molar-refractivity contribution >= 4 is 11.8 Å². The summed E-state index contributed by atoms with van der Waals surface area (Å²) in [6.07, 6.45) is 4.99. The topological polar surface area (TPSA) is 82.9 Å². The molecular weight excluding hydrogens is 440 g/mol. The number of rotatable bonds is 4. The number of amides is 2. The number of carbonyl (C=O) groups is 2. The largest absolute Gasteiger partial charge is 0.348 e. The number of nitrogens with zero attached hydrogens (tertiary/aromatic N) is 5. The molecule has 8 nitrogen and oxygen atoms in total. The molecule has 1 aromatic carbocycles. The standard InChI is InChI=1S/C27H38N6O2/c1-30-10-6-22(7-11-30)31(2)23-15-24-26(35)29-27(16-25(34)33(24)19-23)8-12-32(13-9-27)18-21-5-3-4-20(14-21)17-28/h3-5,14,22-24H,6-13,15-16,18-19H2,1-2H3,(H,29,35)/t23-,24-/m0/s1. The van der Waals surface area contributed by atoms with E-state index in [9.17, 15) is 9.59 Å². The Morgan fingerprint density at radius 2 is 1.89 bits per heavy atom. The highest BCUT2D eigenvalue weighted by atomic mass is 16.2. The first-order chi connectivity index (χ1) is 16.9. The predicted molar refractivity (Wildman–Crippen MR) is 133 cm³/mol. The molecule has 1 spiro atoms. The summed E-state index contributed by atoms with van der Waals surface area (Å²) in [6, 6.07) is 10.4. The van der Waals surface area contributed by atoms with Crippen molar-refractivity contribution in [2.75, 3.05) is 46.8 Å². The van der Waals surface area contributed by atoms with Crippen molar-refractivity contribution in [1.82, 2.24) is 24.9 Å². The molecule has 0 unspecified atom stereocenters. The van der Waals surface area contributed by atoms with E-state index in [1.807, 2.05) is 23.1 Å². The van der Waals surface area contributed by atoms with E-state index in [0.717, 1.165) is 70.4 Å². The minimum atomic E-state index is -0.432. The van der Waals surface area contributed by atoms with E-state index in [1.165, 1.54) is 0 Å². The number of fused-ring (bicyclic) bond motifs is 1. The molecule has 0 bridgehead atoms. The van der Waals surface area contributed by atoms with Crippen molar-refractivity contribution in [3.63, 3.8) is 0 Å². The van der Waals surface area contributed by atoms with Gasteiger partial charge in [-0.25, -0.2) is 0 Å². The number of nitriles is 1. The Morgan fingerprint density at radius 1 is 1.14 bits per heavy atom. The Hall–Kier alpha value is -2.47. The summed E-state index contributed by atoms with van der Waals surface area (Å²) in [5, 5.41) is 12.5. The molecule has 4 fully saturated rings. The van der Waals surface area contributed by atoms with Crippen molar-refractivity contribution in [3.8, 4) is 6.07 Å². The van der Waals surface area contributed by atoms with Crippen LogP contribution < -0.4 is 5.32 Å². The second kappa shape index (κ2) is 9.88. The van der Waals surface area contributed by atoms with E-state index in [4.69, 9.17) is 5.26 Å². The third-order valence-electron chi connectivity index (χ3n) is 8.90. The molecule has 4 aliphatic heterocycles. The molecule has 5 rings (SSSR count). The van der Waals surface area contributed by atoms with Crippen LogP contribution in [0, 0.1) is 11.3 Å². The van der Waals surface area contributed by atoms with Crippen LogP contribution in [0.5, 0.6) is 0 Å². The first kappa shape index (κ1) is 24.2. The van der Waals surface area contributed by atoms with E-state index in [2.05, 4.69) is 46.2 Å². The van der Waals surface area contributed by atoms with Gasteiger partial charge in [0.25, 0.3) is 0 Å². The number of likely N-dealkylation sites (N-methyl/N-ethyl adjacent to an activating group) is 1. The van der Waals surface area contributed by atoms with Crippen LogP contribution in [0.1, 0.15) is 49.7 Å². The molecule has 1 aromatic rings. The van der Waals surface area contributed by atoms with Gasteiger partial charge >= 0.3 is 0 Å². The number of likely N-dealkylation sites (tertiary alicyclic amines) is 2. The number of hydrogen-bond acceptors (Lipinski definition) is 6. The summed E-state index contributed by atoms with van der Waals surface area (Å²) < 4.78 is 0. The van der Waals surface area contributed by atoms with Gasteiger partial charge in [-0.15, -0.1) is 0 Å². The van der Waals surface area contributed by atoms with Crippen LogP contribution in [-0.4, -0.2) is 102 Å². The van der Waals surface area contributed by atoms with Crippen molar-refractivity contribution in [2.24, 2.45) is 0 Å². The fraction of sp³-hybridized carbons (Fsp3) is 0.667. The van der Waals surface area contributed by atoms with Crippen LogP contribution >= 0.6 is 0 Å². The Balaban J connectivity index is 1.19. The molecule has 0 radical (unpaired) electrons. The first-order valence-electron chi connectivity index (χ1n) is 13.1. The Bertz CT molecular complexity index is 962. The predicted octanol–water partition coefficient (Wildman–Crippen LogP) is 1.41. The lowest BCUT2D eigenvalue weighted by Gasteiger charge is -2.41. The zero-order valence-corrected chi connectivity index (χ0v) is 21.1. The van der Waals surface area contributed by atoms with Crippen LogP contribution in [0.15, 0.2) is 24.3 Å². The maximum atomic E-state index is 13.4. The summed E-state index contributed by atoms with van der Waals surface area (Å²) in [5.74, 6) is 0.160. The van der Waals surface area contributed by atoms with Crippen molar-refractivity contribution in [1.29, 1.82) is 5.26 Å². The molecule has 4 aliphatic rings. The van der Waals surface area contributed by atoms with E-state index in [-0.39, 0.29) is 23.9 Å². The van der Waals surface area contributed by atoms with Gasteiger partial charge in [0.15, 0.2) is 0 Å². The smallest absolute Gasteiger partial charge is 0.243 e. The van der Waals surface area contributed by atoms with E-state index in [0.29, 0.717) is 24.6 Å². The quantitative estimate of drug-likeness (QED) is 0.705. The zero-order chi connectivity index (χ0) is 24.6. The van der Waals surface area contributed by atoms with Crippen LogP contribution in [-0.2, 0) is 16.1 Å². The van der Waals surface area contributed by atoms with Crippen molar-refractivity contribution in [2.45, 2.75) is 68.7 Å². The minimum Gasteiger partial charge on any atom is -0.348 e. The molecule has 188 valence electrons. The van der Waals surface area contributed by atoms with Gasteiger partial charge in [-0.3, -0.25) is 19.4 Å². The van der Waals surface area contributed by atoms with Gasteiger partial charge in [-0.05, 0) is 77.0 Å². The number of hydrogen-bond donors (Lipinski definition) is 1. The number of benzene rings is 1. The molecule has 1 N–H and O–H groups in total. The van der Waals surface area contributed by atoms with Gasteiger partial charge < -0.3 is 15.1 Å². The van der Waals surface area contributed by atoms with Crippen LogP contribution in [0.3, 0.4) is 0 Å². The average molecular weight is 479 g/mol. The van der Waals surface area contributed by atoms with Gasteiger partial charge in [0.05, 0.1) is 23.6 Å². The molecule has 4 saturated heterocycles. The molecule has 0 saturated carbocycles. The van der Waals surface area contributed by atoms with E-state index >= 15 is 0 Å². The lowest BCUT2D eigenvalue weighted by atomic mass is 9.83. The molecule has 0 aromatic heterocycles. The van der Waals surface area contributed by atoms with Crippen LogP contribution in [0.4, 0.5) is 0 Å². The van der Waals surface area contributed by atoms with Gasteiger partial charge in [0, 0.05) is 38.3 Å². The number of nitrogens with one attached hydrogen (secondary N) is 1. The van der Waals surface area contributed by atoms with Gasteiger partial charge in [-0.1, -0.05) is 12.1 Å². The summed E-state index contributed by atoms with van der Waals surface area (Å²) in [5.41, 5.74) is 1.37. The average Bonchev–Trinajstić information content (AvgIpc) is 3.28.